The van der Waals surface area contributed by atoms with E-state index in [0.717, 1.165) is 12.0 Å². The van der Waals surface area contributed by atoms with Crippen molar-refractivity contribution in [1.29, 1.82) is 0 Å². The summed E-state index contributed by atoms with van der Waals surface area (Å²) >= 11 is 0. The number of hydrogen-bond acceptors (Lipinski definition) is 5. The summed E-state index contributed by atoms with van der Waals surface area (Å²) < 4.78 is 0. The first-order valence-corrected chi connectivity index (χ1v) is 10.1. The molecule has 148 valence electrons. The van der Waals surface area contributed by atoms with Gasteiger partial charge in [-0.3, -0.25) is 9.59 Å². The van der Waals surface area contributed by atoms with Crippen LogP contribution in [0.1, 0.15) is 46.5 Å². The summed E-state index contributed by atoms with van der Waals surface area (Å²) in [6.07, 6.45) is 6.45. The fourth-order valence-corrected chi connectivity index (χ4v) is 7.41. The smallest absolute Gasteiger partial charge is 0.178 e. The van der Waals surface area contributed by atoms with E-state index in [1.165, 1.54) is 6.08 Å². The molecule has 0 spiro atoms. The third-order valence-electron chi connectivity index (χ3n) is 8.57. The zero-order valence-electron chi connectivity index (χ0n) is 16.3. The number of carbonyl (C=O) groups is 2. The van der Waals surface area contributed by atoms with Crippen LogP contribution in [-0.4, -0.2) is 45.2 Å². The van der Waals surface area contributed by atoms with Crippen molar-refractivity contribution in [2.45, 2.75) is 58.2 Å². The van der Waals surface area contributed by atoms with Crippen molar-refractivity contribution in [2.75, 3.05) is 6.61 Å². The van der Waals surface area contributed by atoms with Crippen LogP contribution in [0, 0.1) is 34.5 Å². The molecule has 0 amide bonds. The van der Waals surface area contributed by atoms with E-state index in [1.54, 1.807) is 12.2 Å². The number of allylic oxidation sites excluding steroid dienone is 2. The molecule has 0 saturated heterocycles. The fraction of sp³-hybridized carbons (Fsp3) is 0.727. The molecule has 0 aromatic carbocycles. The Bertz CT molecular complexity index is 754. The van der Waals surface area contributed by atoms with Crippen molar-refractivity contribution in [1.82, 2.24) is 0 Å². The van der Waals surface area contributed by atoms with Gasteiger partial charge < -0.3 is 15.3 Å². The minimum absolute atomic E-state index is 0.0669. The molecule has 5 nitrogen and oxygen atoms in total. The van der Waals surface area contributed by atoms with Crippen LogP contribution in [0.5, 0.6) is 0 Å². The van der Waals surface area contributed by atoms with E-state index in [2.05, 4.69) is 6.92 Å². The number of Topliss-reactive ketones (excluding diaryl/α,β-unsaturated/α-hetero) is 1. The summed E-state index contributed by atoms with van der Waals surface area (Å²) in [5, 5.41) is 32.7. The first-order valence-electron chi connectivity index (χ1n) is 10.1. The average molecular weight is 374 g/mol. The van der Waals surface area contributed by atoms with Crippen LogP contribution < -0.4 is 0 Å². The molecule has 3 saturated carbocycles. The van der Waals surface area contributed by atoms with Gasteiger partial charge in [-0.1, -0.05) is 25.5 Å². The predicted octanol–water partition coefficient (Wildman–Crippen LogP) is 1.80. The molecule has 0 aliphatic heterocycles. The molecule has 0 bridgehead atoms. The van der Waals surface area contributed by atoms with Crippen molar-refractivity contribution >= 4 is 11.6 Å². The molecule has 2 unspecified atom stereocenters. The van der Waals surface area contributed by atoms with Crippen LogP contribution >= 0.6 is 0 Å². The molecular weight excluding hydrogens is 344 g/mol. The van der Waals surface area contributed by atoms with E-state index in [-0.39, 0.29) is 35.2 Å². The minimum Gasteiger partial charge on any atom is -0.390 e. The minimum atomic E-state index is -1.35. The highest BCUT2D eigenvalue weighted by Gasteiger charge is 2.70. The Morgan fingerprint density at radius 2 is 2.00 bits per heavy atom. The van der Waals surface area contributed by atoms with E-state index in [0.29, 0.717) is 19.3 Å². The average Bonchev–Trinajstić information content (AvgIpc) is 2.86. The van der Waals surface area contributed by atoms with E-state index in [9.17, 15) is 24.9 Å². The van der Waals surface area contributed by atoms with E-state index in [1.807, 2.05) is 13.8 Å². The van der Waals surface area contributed by atoms with Gasteiger partial charge in [-0.2, -0.15) is 0 Å². The molecule has 3 fully saturated rings. The molecule has 4 aliphatic carbocycles. The molecule has 0 aromatic heterocycles. The lowest BCUT2D eigenvalue weighted by atomic mass is 9.44. The topological polar surface area (TPSA) is 94.8 Å². The van der Waals surface area contributed by atoms with Gasteiger partial charge >= 0.3 is 0 Å². The van der Waals surface area contributed by atoms with Gasteiger partial charge in [-0.15, -0.1) is 0 Å². The summed E-state index contributed by atoms with van der Waals surface area (Å²) in [5.74, 6) is -0.447. The quantitative estimate of drug-likeness (QED) is 0.685. The molecule has 4 rings (SSSR count). The van der Waals surface area contributed by atoms with Crippen molar-refractivity contribution in [3.63, 3.8) is 0 Å². The van der Waals surface area contributed by atoms with Crippen molar-refractivity contribution in [3.05, 3.63) is 23.8 Å². The second-order valence-electron chi connectivity index (χ2n) is 9.73. The summed E-state index contributed by atoms with van der Waals surface area (Å²) in [4.78, 5) is 24.4. The highest BCUT2D eigenvalue weighted by molar-refractivity contribution is 6.01. The van der Waals surface area contributed by atoms with Crippen LogP contribution in [-0.2, 0) is 9.59 Å². The highest BCUT2D eigenvalue weighted by Crippen LogP contribution is 2.68. The SMILES string of the molecule is CC1C[C@H]2[C@@H]3CCC4=CC(=O)C=C[C@]4(C)[C@@]3(O)C(O)C[C@]2(C)[C@H]1C(=O)CO. The zero-order valence-corrected chi connectivity index (χ0v) is 16.3. The highest BCUT2D eigenvalue weighted by atomic mass is 16.3. The van der Waals surface area contributed by atoms with Gasteiger partial charge in [0.25, 0.3) is 0 Å². The number of fused-ring (bicyclic) bond motifs is 5. The standard InChI is InChI=1S/C22H30O5/c1-12-8-16-15-5-4-13-9-14(24)6-7-21(13,3)22(15,27)18(26)10-20(16,2)19(12)17(25)11-23/h6-7,9,12,15-16,18-19,23,26-27H,4-5,8,10-11H2,1-3H3/t12?,15-,16-,18?,19+,20-,21-,22-/m0/s1. The number of ketones is 2. The van der Waals surface area contributed by atoms with Crippen LogP contribution in [0.15, 0.2) is 23.8 Å². The van der Waals surface area contributed by atoms with Crippen molar-refractivity contribution in [3.8, 4) is 0 Å². The van der Waals surface area contributed by atoms with Gasteiger partial charge in [0.15, 0.2) is 11.6 Å². The lowest BCUT2D eigenvalue weighted by molar-refractivity contribution is -0.234. The number of hydrogen-bond donors (Lipinski definition) is 3. The second kappa shape index (κ2) is 5.85. The summed E-state index contributed by atoms with van der Waals surface area (Å²) in [6, 6.07) is 0. The monoisotopic (exact) mass is 374 g/mol. The largest absolute Gasteiger partial charge is 0.390 e. The van der Waals surface area contributed by atoms with Crippen LogP contribution in [0.4, 0.5) is 0 Å². The van der Waals surface area contributed by atoms with Gasteiger partial charge in [0, 0.05) is 11.3 Å². The number of aliphatic hydroxyl groups is 3. The van der Waals surface area contributed by atoms with Gasteiger partial charge in [0.05, 0.1) is 6.10 Å². The van der Waals surface area contributed by atoms with Gasteiger partial charge in [-0.25, -0.2) is 0 Å². The van der Waals surface area contributed by atoms with Crippen molar-refractivity contribution in [2.24, 2.45) is 34.5 Å². The molecule has 0 radical (unpaired) electrons. The Labute approximate surface area is 160 Å². The maximum atomic E-state index is 12.5. The van der Waals surface area contributed by atoms with Crippen molar-refractivity contribution < 1.29 is 24.9 Å². The lowest BCUT2D eigenvalue weighted by Crippen LogP contribution is -2.69. The summed E-state index contributed by atoms with van der Waals surface area (Å²) in [6.45, 7) is 5.55. The molecule has 0 aromatic rings. The third kappa shape index (κ3) is 2.22. The summed E-state index contributed by atoms with van der Waals surface area (Å²) in [5.41, 5.74) is -1.66. The number of aliphatic hydroxyl groups excluding tert-OH is 2. The Hall–Kier alpha value is -1.30. The molecule has 27 heavy (non-hydrogen) atoms. The molecule has 0 heterocycles. The first kappa shape index (κ1) is 19.0. The molecule has 5 heteroatoms. The van der Waals surface area contributed by atoms with Crippen LogP contribution in [0.3, 0.4) is 0 Å². The molecular formula is C22H30O5. The Balaban J connectivity index is 1.80. The number of rotatable bonds is 2. The maximum Gasteiger partial charge on any atom is 0.178 e. The second-order valence-corrected chi connectivity index (χ2v) is 9.73. The van der Waals surface area contributed by atoms with Gasteiger partial charge in [0.2, 0.25) is 0 Å². The zero-order chi connectivity index (χ0) is 19.8. The third-order valence-corrected chi connectivity index (χ3v) is 8.57. The Kier molecular flexibility index (Phi) is 4.12. The van der Waals surface area contributed by atoms with E-state index < -0.39 is 29.1 Å². The Morgan fingerprint density at radius 3 is 2.67 bits per heavy atom. The van der Waals surface area contributed by atoms with E-state index in [4.69, 9.17) is 0 Å². The first-order chi connectivity index (χ1) is 12.6. The van der Waals surface area contributed by atoms with Crippen LogP contribution in [0.25, 0.3) is 0 Å². The van der Waals surface area contributed by atoms with Gasteiger partial charge in [0.1, 0.15) is 12.2 Å². The molecule has 3 N–H and O–H groups in total. The maximum absolute atomic E-state index is 12.5. The normalized spacial score (nSPS) is 51.3. The van der Waals surface area contributed by atoms with E-state index >= 15 is 0 Å². The lowest BCUT2D eigenvalue weighted by Gasteiger charge is -2.63. The molecule has 8 atom stereocenters. The molecule has 4 aliphatic rings. The van der Waals surface area contributed by atoms with Crippen LogP contribution in [0.2, 0.25) is 0 Å². The number of carbonyl (C=O) groups excluding carboxylic acids is 2. The van der Waals surface area contributed by atoms with Gasteiger partial charge in [-0.05, 0) is 67.9 Å². The summed E-state index contributed by atoms with van der Waals surface area (Å²) in [7, 11) is 0. The Morgan fingerprint density at radius 1 is 1.30 bits per heavy atom. The predicted molar refractivity (Wildman–Crippen MR) is 99.6 cm³/mol. The fourth-order valence-electron chi connectivity index (χ4n) is 7.41.